The number of hydrogen-bond donors (Lipinski definition) is 1. The van der Waals surface area contributed by atoms with E-state index < -0.39 is 10.0 Å². The molecule has 0 spiro atoms. The summed E-state index contributed by atoms with van der Waals surface area (Å²) >= 11 is 0. The third-order valence-electron chi connectivity index (χ3n) is 3.74. The summed E-state index contributed by atoms with van der Waals surface area (Å²) in [6.07, 6.45) is 0.765. The Hall–Kier alpha value is -1.97. The maximum Gasteiger partial charge on any atom is 0.254 e. The molecule has 9 heteroatoms. The van der Waals surface area contributed by atoms with Gasteiger partial charge in [0.25, 0.3) is 5.91 Å². The standard InChI is InChI=1S/C15H21N3O5S/c1-23-10-5-16-24(21,22)14-4-2-3-13(11-14)15(20)18-8-6-17(12-19)7-9-18/h2-4,11-12,16H,5-10H2,1H3. The molecule has 1 aromatic carbocycles. The lowest BCUT2D eigenvalue weighted by Crippen LogP contribution is -2.48. The maximum atomic E-state index is 12.5. The molecule has 2 rings (SSSR count). The Bertz CT molecular complexity index is 684. The van der Waals surface area contributed by atoms with Gasteiger partial charge >= 0.3 is 0 Å². The fourth-order valence-electron chi connectivity index (χ4n) is 2.37. The van der Waals surface area contributed by atoms with Crippen molar-refractivity contribution in [2.24, 2.45) is 0 Å². The summed E-state index contributed by atoms with van der Waals surface area (Å²) in [5.41, 5.74) is 0.309. The summed E-state index contributed by atoms with van der Waals surface area (Å²) in [6.45, 7) is 2.24. The summed E-state index contributed by atoms with van der Waals surface area (Å²) in [4.78, 5) is 26.5. The number of carbonyl (C=O) groups is 2. The third-order valence-corrected chi connectivity index (χ3v) is 5.20. The first-order chi connectivity index (χ1) is 11.5. The number of nitrogens with zero attached hydrogens (tertiary/aromatic N) is 2. The van der Waals surface area contributed by atoms with Crippen molar-refractivity contribution in [1.82, 2.24) is 14.5 Å². The van der Waals surface area contributed by atoms with Crippen molar-refractivity contribution < 1.29 is 22.7 Å². The van der Waals surface area contributed by atoms with Crippen molar-refractivity contribution in [2.75, 3.05) is 46.4 Å². The van der Waals surface area contributed by atoms with Crippen molar-refractivity contribution in [1.29, 1.82) is 0 Å². The zero-order valence-corrected chi connectivity index (χ0v) is 14.3. The highest BCUT2D eigenvalue weighted by atomic mass is 32.2. The van der Waals surface area contributed by atoms with Crippen LogP contribution in [0.3, 0.4) is 0 Å². The van der Waals surface area contributed by atoms with Crippen LogP contribution in [0.4, 0.5) is 0 Å². The van der Waals surface area contributed by atoms with Gasteiger partial charge in [0.2, 0.25) is 16.4 Å². The molecule has 0 atom stereocenters. The van der Waals surface area contributed by atoms with Crippen molar-refractivity contribution in [3.8, 4) is 0 Å². The van der Waals surface area contributed by atoms with Crippen molar-refractivity contribution in [3.63, 3.8) is 0 Å². The Morgan fingerprint density at radius 2 is 2.00 bits per heavy atom. The molecular weight excluding hydrogens is 334 g/mol. The van der Waals surface area contributed by atoms with Gasteiger partial charge in [-0.05, 0) is 18.2 Å². The first-order valence-electron chi connectivity index (χ1n) is 7.55. The number of piperazine rings is 1. The second-order valence-corrected chi connectivity index (χ2v) is 7.12. The molecule has 24 heavy (non-hydrogen) atoms. The van der Waals surface area contributed by atoms with Crippen LogP contribution in [-0.4, -0.2) is 77.0 Å². The lowest BCUT2D eigenvalue weighted by atomic mass is 10.2. The molecule has 1 fully saturated rings. The van der Waals surface area contributed by atoms with Crippen LogP contribution in [0.25, 0.3) is 0 Å². The average Bonchev–Trinajstić information content (AvgIpc) is 2.61. The van der Waals surface area contributed by atoms with Gasteiger partial charge in [-0.1, -0.05) is 6.07 Å². The van der Waals surface area contributed by atoms with E-state index in [1.807, 2.05) is 0 Å². The van der Waals surface area contributed by atoms with Gasteiger partial charge in [0, 0.05) is 45.4 Å². The maximum absolute atomic E-state index is 12.5. The molecule has 0 radical (unpaired) electrons. The topological polar surface area (TPSA) is 96.0 Å². The smallest absolute Gasteiger partial charge is 0.254 e. The second kappa shape index (κ2) is 8.22. The summed E-state index contributed by atoms with van der Waals surface area (Å²) < 4.78 is 31.6. The van der Waals surface area contributed by atoms with E-state index >= 15 is 0 Å². The molecule has 0 aromatic heterocycles. The van der Waals surface area contributed by atoms with Gasteiger partial charge in [0.05, 0.1) is 11.5 Å². The van der Waals surface area contributed by atoms with Gasteiger partial charge in [-0.25, -0.2) is 13.1 Å². The zero-order chi connectivity index (χ0) is 17.6. The minimum Gasteiger partial charge on any atom is -0.383 e. The molecule has 1 aromatic rings. The fourth-order valence-corrected chi connectivity index (χ4v) is 3.43. The molecule has 2 amide bonds. The SMILES string of the molecule is COCCNS(=O)(=O)c1cccc(C(=O)N2CCN(C=O)CC2)c1. The number of nitrogens with one attached hydrogen (secondary N) is 1. The number of amides is 2. The van der Waals surface area contributed by atoms with E-state index in [-0.39, 0.29) is 24.0 Å². The molecule has 132 valence electrons. The van der Waals surface area contributed by atoms with Gasteiger partial charge in [-0.15, -0.1) is 0 Å². The van der Waals surface area contributed by atoms with Crippen LogP contribution in [-0.2, 0) is 19.6 Å². The minimum atomic E-state index is -3.69. The predicted octanol–water partition coefficient (Wildman–Crippen LogP) is -0.474. The summed E-state index contributed by atoms with van der Waals surface area (Å²) in [5.74, 6) is -0.241. The van der Waals surface area contributed by atoms with Gasteiger partial charge in [0.1, 0.15) is 0 Å². The van der Waals surface area contributed by atoms with Crippen LogP contribution in [0.5, 0.6) is 0 Å². The first-order valence-corrected chi connectivity index (χ1v) is 9.03. The Morgan fingerprint density at radius 1 is 1.29 bits per heavy atom. The lowest BCUT2D eigenvalue weighted by molar-refractivity contribution is -0.119. The summed E-state index contributed by atoms with van der Waals surface area (Å²) in [5, 5.41) is 0. The third kappa shape index (κ3) is 4.53. The zero-order valence-electron chi connectivity index (χ0n) is 13.5. The van der Waals surface area contributed by atoms with Crippen LogP contribution in [0.1, 0.15) is 10.4 Å². The monoisotopic (exact) mass is 355 g/mol. The highest BCUT2D eigenvalue weighted by molar-refractivity contribution is 7.89. The Morgan fingerprint density at radius 3 is 2.62 bits per heavy atom. The first kappa shape index (κ1) is 18.4. The van der Waals surface area contributed by atoms with Crippen LogP contribution >= 0.6 is 0 Å². The molecule has 0 saturated carbocycles. The fraction of sp³-hybridized carbons (Fsp3) is 0.467. The minimum absolute atomic E-state index is 0.0379. The number of rotatable bonds is 7. The molecule has 1 aliphatic rings. The summed E-state index contributed by atoms with van der Waals surface area (Å²) in [7, 11) is -2.20. The van der Waals surface area contributed by atoms with Crippen molar-refractivity contribution in [3.05, 3.63) is 29.8 Å². The van der Waals surface area contributed by atoms with Gasteiger partial charge < -0.3 is 14.5 Å². The molecule has 0 aliphatic carbocycles. The Kier molecular flexibility index (Phi) is 6.29. The van der Waals surface area contributed by atoms with E-state index in [0.717, 1.165) is 6.41 Å². The van der Waals surface area contributed by atoms with E-state index in [4.69, 9.17) is 4.74 Å². The number of sulfonamides is 1. The second-order valence-electron chi connectivity index (χ2n) is 5.35. The predicted molar refractivity (Wildman–Crippen MR) is 87.0 cm³/mol. The number of benzene rings is 1. The highest BCUT2D eigenvalue weighted by Crippen LogP contribution is 2.14. The van der Waals surface area contributed by atoms with Crippen LogP contribution < -0.4 is 4.72 Å². The number of hydrogen-bond acceptors (Lipinski definition) is 5. The molecule has 0 bridgehead atoms. The normalized spacial score (nSPS) is 15.4. The van der Waals surface area contributed by atoms with Gasteiger partial charge in [-0.2, -0.15) is 0 Å². The number of carbonyl (C=O) groups excluding carboxylic acids is 2. The largest absolute Gasteiger partial charge is 0.383 e. The highest BCUT2D eigenvalue weighted by Gasteiger charge is 2.23. The Balaban J connectivity index is 2.09. The van der Waals surface area contributed by atoms with Crippen molar-refractivity contribution in [2.45, 2.75) is 4.90 Å². The molecule has 1 aliphatic heterocycles. The molecular formula is C15H21N3O5S. The number of ether oxygens (including phenoxy) is 1. The summed E-state index contributed by atoms with van der Waals surface area (Å²) in [6, 6.07) is 5.93. The van der Waals surface area contributed by atoms with Crippen LogP contribution in [0.15, 0.2) is 29.2 Å². The Labute approximate surface area is 141 Å². The quantitative estimate of drug-likeness (QED) is 0.527. The molecule has 8 nitrogen and oxygen atoms in total. The molecule has 1 heterocycles. The molecule has 1 saturated heterocycles. The average molecular weight is 355 g/mol. The van der Waals surface area contributed by atoms with E-state index in [1.54, 1.807) is 21.9 Å². The van der Waals surface area contributed by atoms with Gasteiger partial charge in [0.15, 0.2) is 0 Å². The van der Waals surface area contributed by atoms with Crippen LogP contribution in [0, 0.1) is 0 Å². The van der Waals surface area contributed by atoms with Crippen molar-refractivity contribution >= 4 is 22.3 Å². The van der Waals surface area contributed by atoms with E-state index in [2.05, 4.69) is 4.72 Å². The van der Waals surface area contributed by atoms with E-state index in [1.165, 1.54) is 19.2 Å². The number of methoxy groups -OCH3 is 1. The van der Waals surface area contributed by atoms with E-state index in [0.29, 0.717) is 31.7 Å². The molecule has 0 unspecified atom stereocenters. The lowest BCUT2D eigenvalue weighted by Gasteiger charge is -2.32. The van der Waals surface area contributed by atoms with Gasteiger partial charge in [-0.3, -0.25) is 9.59 Å². The molecule has 1 N–H and O–H groups in total. The van der Waals surface area contributed by atoms with E-state index in [9.17, 15) is 18.0 Å². The van der Waals surface area contributed by atoms with Crippen LogP contribution in [0.2, 0.25) is 0 Å².